The molecule has 0 aliphatic rings. The Balaban J connectivity index is 2.62. The third kappa shape index (κ3) is 2.08. The van der Waals surface area contributed by atoms with E-state index < -0.39 is 12.0 Å². The fourth-order valence-electron chi connectivity index (χ4n) is 1.27. The van der Waals surface area contributed by atoms with Gasteiger partial charge in [0.2, 0.25) is 5.82 Å². The van der Waals surface area contributed by atoms with Gasteiger partial charge in [0.1, 0.15) is 0 Å². The first-order chi connectivity index (χ1) is 8.43. The summed E-state index contributed by atoms with van der Waals surface area (Å²) in [6.07, 6.45) is -1.75. The largest absolute Gasteiger partial charge is 0.451 e. The molecule has 96 valence electrons. The number of alkyl halides is 3. The molecule has 0 aliphatic heterocycles. The monoisotopic (exact) mass is 259 g/mol. The molecule has 0 unspecified atom stereocenters. The second kappa shape index (κ2) is 4.20. The average molecular weight is 259 g/mol. The molecule has 10 heteroatoms. The molecule has 2 aromatic rings. The van der Waals surface area contributed by atoms with Gasteiger partial charge in [-0.1, -0.05) is 11.2 Å². The molecule has 0 saturated carbocycles. The molecule has 0 amide bonds. The van der Waals surface area contributed by atoms with E-state index in [1.807, 2.05) is 0 Å². The molecule has 0 bridgehead atoms. The molecule has 7 nitrogen and oxygen atoms in total. The lowest BCUT2D eigenvalue weighted by Crippen LogP contribution is -2.17. The number of aryl methyl sites for hydroxylation is 1. The van der Waals surface area contributed by atoms with Gasteiger partial charge in [-0.2, -0.15) is 17.9 Å². The van der Waals surface area contributed by atoms with E-state index in [1.54, 1.807) is 6.92 Å². The zero-order valence-corrected chi connectivity index (χ0v) is 9.42. The fraction of sp³-hybridized carbons (Fsp3) is 0.375. The predicted molar refractivity (Wildman–Crippen MR) is 53.4 cm³/mol. The third-order valence-corrected chi connectivity index (χ3v) is 1.98. The maximum absolute atomic E-state index is 12.8. The maximum Gasteiger partial charge on any atom is 0.451 e. The number of rotatable bonds is 2. The number of aromatic nitrogens is 7. The molecular weight excluding hydrogens is 251 g/mol. The topological polar surface area (TPSA) is 74.3 Å². The Kier molecular flexibility index (Phi) is 2.85. The van der Waals surface area contributed by atoms with Crippen LogP contribution in [-0.4, -0.2) is 35.0 Å². The van der Waals surface area contributed by atoms with Crippen LogP contribution in [0.5, 0.6) is 0 Å². The number of tetrazole rings is 1. The van der Waals surface area contributed by atoms with E-state index in [4.69, 9.17) is 0 Å². The van der Waals surface area contributed by atoms with Crippen molar-refractivity contribution in [1.82, 2.24) is 35.0 Å². The molecule has 0 atom stereocenters. The Morgan fingerprint density at radius 1 is 1.28 bits per heavy atom. The zero-order chi connectivity index (χ0) is 13.3. The lowest BCUT2D eigenvalue weighted by Gasteiger charge is -2.05. The lowest BCUT2D eigenvalue weighted by atomic mass is 10.5. The summed E-state index contributed by atoms with van der Waals surface area (Å²) in [4.78, 5) is 3.40. The summed E-state index contributed by atoms with van der Waals surface area (Å²) in [7, 11) is 1.41. The summed E-state index contributed by atoms with van der Waals surface area (Å²) in [6, 6.07) is 0. The van der Waals surface area contributed by atoms with Crippen LogP contribution in [0.3, 0.4) is 0 Å². The van der Waals surface area contributed by atoms with Gasteiger partial charge in [0.05, 0.1) is 0 Å². The number of allylic oxidation sites excluding steroid dienone is 1. The van der Waals surface area contributed by atoms with Crippen LogP contribution in [0.25, 0.3) is 12.0 Å². The van der Waals surface area contributed by atoms with E-state index in [9.17, 15) is 13.2 Å². The molecule has 0 aliphatic carbocycles. The SMILES string of the molecule is CC=Cc1nc(C(F)(F)F)n(-c2nnnn2C)n1. The number of hydrogen-bond acceptors (Lipinski definition) is 5. The van der Waals surface area contributed by atoms with Gasteiger partial charge in [0.15, 0.2) is 5.82 Å². The molecule has 0 saturated heterocycles. The van der Waals surface area contributed by atoms with Gasteiger partial charge in [0.25, 0.3) is 5.95 Å². The summed E-state index contributed by atoms with van der Waals surface area (Å²) in [5, 5.41) is 13.9. The van der Waals surface area contributed by atoms with Crippen LogP contribution in [-0.2, 0) is 13.2 Å². The predicted octanol–water partition coefficient (Wildman–Crippen LogP) is 0.843. The van der Waals surface area contributed by atoms with Crippen molar-refractivity contribution in [1.29, 1.82) is 0 Å². The van der Waals surface area contributed by atoms with Crippen LogP contribution in [0.1, 0.15) is 18.6 Å². The number of halogens is 3. The molecule has 0 spiro atoms. The van der Waals surface area contributed by atoms with Crippen molar-refractivity contribution in [2.24, 2.45) is 7.05 Å². The van der Waals surface area contributed by atoms with E-state index in [0.717, 1.165) is 4.68 Å². The standard InChI is InChI=1S/C8H8F3N7/c1-3-4-5-12-6(8(9,10)11)18(14-5)7-13-15-16-17(7)2/h3-4H,1-2H3. The maximum atomic E-state index is 12.8. The molecule has 0 fully saturated rings. The Bertz CT molecular complexity index is 580. The molecule has 2 rings (SSSR count). The van der Waals surface area contributed by atoms with Crippen LogP contribution in [0.2, 0.25) is 0 Å². The van der Waals surface area contributed by atoms with E-state index in [1.165, 1.54) is 19.2 Å². The molecule has 0 radical (unpaired) electrons. The molecule has 0 aromatic carbocycles. The Morgan fingerprint density at radius 3 is 2.50 bits per heavy atom. The van der Waals surface area contributed by atoms with Gasteiger partial charge < -0.3 is 0 Å². The molecule has 2 heterocycles. The highest BCUT2D eigenvalue weighted by molar-refractivity contribution is 5.39. The Hall–Kier alpha value is -2.26. The van der Waals surface area contributed by atoms with Crippen LogP contribution < -0.4 is 0 Å². The zero-order valence-electron chi connectivity index (χ0n) is 9.42. The second-order valence-corrected chi connectivity index (χ2v) is 3.31. The number of nitrogens with zero attached hydrogens (tertiary/aromatic N) is 7. The van der Waals surface area contributed by atoms with Gasteiger partial charge in [0, 0.05) is 7.05 Å². The molecule has 2 aromatic heterocycles. The van der Waals surface area contributed by atoms with Crippen molar-refractivity contribution in [3.63, 3.8) is 0 Å². The molecule has 0 N–H and O–H groups in total. The molecular formula is C8H8F3N7. The summed E-state index contributed by atoms with van der Waals surface area (Å²) in [5.74, 6) is -1.40. The quantitative estimate of drug-likeness (QED) is 0.799. The van der Waals surface area contributed by atoms with Crippen LogP contribution in [0.15, 0.2) is 6.08 Å². The Labute approximate surface area is 98.9 Å². The van der Waals surface area contributed by atoms with Crippen molar-refractivity contribution in [2.75, 3.05) is 0 Å². The van der Waals surface area contributed by atoms with Crippen molar-refractivity contribution >= 4 is 6.08 Å². The van der Waals surface area contributed by atoms with Crippen molar-refractivity contribution in [3.05, 3.63) is 17.7 Å². The van der Waals surface area contributed by atoms with E-state index in [0.29, 0.717) is 4.68 Å². The minimum absolute atomic E-state index is 0.0622. The van der Waals surface area contributed by atoms with E-state index >= 15 is 0 Å². The third-order valence-electron chi connectivity index (χ3n) is 1.98. The van der Waals surface area contributed by atoms with E-state index in [2.05, 4.69) is 25.6 Å². The average Bonchev–Trinajstić information content (AvgIpc) is 2.83. The van der Waals surface area contributed by atoms with Crippen molar-refractivity contribution in [2.45, 2.75) is 13.1 Å². The normalized spacial score (nSPS) is 12.5. The van der Waals surface area contributed by atoms with Gasteiger partial charge in [-0.3, -0.25) is 0 Å². The van der Waals surface area contributed by atoms with Gasteiger partial charge in [-0.15, -0.1) is 5.10 Å². The first-order valence-electron chi connectivity index (χ1n) is 4.83. The second-order valence-electron chi connectivity index (χ2n) is 3.31. The molecule has 18 heavy (non-hydrogen) atoms. The van der Waals surface area contributed by atoms with Gasteiger partial charge >= 0.3 is 6.18 Å². The van der Waals surface area contributed by atoms with E-state index in [-0.39, 0.29) is 11.8 Å². The summed E-state index contributed by atoms with van der Waals surface area (Å²) >= 11 is 0. The van der Waals surface area contributed by atoms with Crippen molar-refractivity contribution < 1.29 is 13.2 Å². The highest BCUT2D eigenvalue weighted by Crippen LogP contribution is 2.28. The highest BCUT2D eigenvalue weighted by atomic mass is 19.4. The van der Waals surface area contributed by atoms with Gasteiger partial charge in [-0.25, -0.2) is 9.67 Å². The minimum atomic E-state index is -4.64. The summed E-state index contributed by atoms with van der Waals surface area (Å²) < 4.78 is 40.0. The minimum Gasteiger partial charge on any atom is -0.213 e. The van der Waals surface area contributed by atoms with Crippen LogP contribution >= 0.6 is 0 Å². The summed E-state index contributed by atoms with van der Waals surface area (Å²) in [5.41, 5.74) is 0. The lowest BCUT2D eigenvalue weighted by molar-refractivity contribution is -0.146. The van der Waals surface area contributed by atoms with Crippen LogP contribution in [0.4, 0.5) is 13.2 Å². The van der Waals surface area contributed by atoms with Gasteiger partial charge in [-0.05, 0) is 23.4 Å². The number of hydrogen-bond donors (Lipinski definition) is 0. The first kappa shape index (κ1) is 12.2. The van der Waals surface area contributed by atoms with Crippen LogP contribution in [0, 0.1) is 0 Å². The summed E-state index contributed by atoms with van der Waals surface area (Å²) in [6.45, 7) is 1.65. The highest BCUT2D eigenvalue weighted by Gasteiger charge is 2.39. The van der Waals surface area contributed by atoms with Crippen molar-refractivity contribution in [3.8, 4) is 5.95 Å². The smallest absolute Gasteiger partial charge is 0.213 e. The fourth-order valence-corrected chi connectivity index (χ4v) is 1.27. The Morgan fingerprint density at radius 2 is 2.00 bits per heavy atom. The first-order valence-corrected chi connectivity index (χ1v) is 4.83.